The van der Waals surface area contributed by atoms with Crippen LogP contribution in [-0.2, 0) is 22.4 Å². The number of unbranched alkanes of at least 4 members (excludes halogenated alkanes) is 1. The topological polar surface area (TPSA) is 111 Å². The summed E-state index contributed by atoms with van der Waals surface area (Å²) in [7, 11) is 0. The van der Waals surface area contributed by atoms with E-state index in [1.807, 2.05) is 49.1 Å². The SMILES string of the molecule is O=C(Nc1nc2ccc(OS(=O)c3ccc(NCCCCn4cnc(-c5cccnc5)c4)cc3)cc2s1)C1CC1. The molecule has 0 bridgehead atoms. The number of hydrogen-bond donors (Lipinski definition) is 2. The first kappa shape index (κ1) is 26.1. The molecular weight excluding hydrogens is 544 g/mol. The third-order valence-electron chi connectivity index (χ3n) is 6.52. The molecule has 3 aromatic heterocycles. The van der Waals surface area contributed by atoms with E-state index >= 15 is 0 Å². The molecule has 1 atom stereocenters. The molecular formula is C29H28N6O3S2. The molecule has 0 saturated heterocycles. The molecule has 1 aliphatic rings. The van der Waals surface area contributed by atoms with Gasteiger partial charge in [-0.1, -0.05) is 11.3 Å². The number of anilines is 2. The highest BCUT2D eigenvalue weighted by molar-refractivity contribution is 7.80. The molecule has 1 aliphatic carbocycles. The smallest absolute Gasteiger partial charge is 0.240 e. The van der Waals surface area contributed by atoms with Crippen molar-refractivity contribution >= 4 is 49.4 Å². The largest absolute Gasteiger partial charge is 0.397 e. The lowest BCUT2D eigenvalue weighted by Crippen LogP contribution is -2.12. The number of aryl methyl sites for hydroxylation is 1. The van der Waals surface area contributed by atoms with Crippen LogP contribution in [0.15, 0.2) is 84.4 Å². The highest BCUT2D eigenvalue weighted by atomic mass is 32.2. The lowest BCUT2D eigenvalue weighted by molar-refractivity contribution is -0.117. The van der Waals surface area contributed by atoms with E-state index in [0.29, 0.717) is 15.8 Å². The molecule has 1 saturated carbocycles. The minimum absolute atomic E-state index is 0.0276. The fourth-order valence-corrected chi connectivity index (χ4v) is 5.81. The van der Waals surface area contributed by atoms with Gasteiger partial charge in [-0.05, 0) is 74.2 Å². The van der Waals surface area contributed by atoms with Crippen LogP contribution in [0.4, 0.5) is 10.8 Å². The van der Waals surface area contributed by atoms with Crippen LogP contribution in [0, 0.1) is 5.92 Å². The lowest BCUT2D eigenvalue weighted by atomic mass is 10.2. The minimum atomic E-state index is -1.65. The van der Waals surface area contributed by atoms with Crippen molar-refractivity contribution in [2.75, 3.05) is 17.2 Å². The Morgan fingerprint density at radius 3 is 2.80 bits per heavy atom. The van der Waals surface area contributed by atoms with E-state index in [4.69, 9.17) is 4.18 Å². The Balaban J connectivity index is 0.951. The summed E-state index contributed by atoms with van der Waals surface area (Å²) in [6.07, 6.45) is 11.4. The number of aromatic nitrogens is 4. The van der Waals surface area contributed by atoms with Crippen LogP contribution < -0.4 is 14.8 Å². The second-order valence-electron chi connectivity index (χ2n) is 9.63. The number of rotatable bonds is 12. The molecule has 0 spiro atoms. The summed E-state index contributed by atoms with van der Waals surface area (Å²) in [6.45, 7) is 1.73. The molecule has 40 heavy (non-hydrogen) atoms. The third-order valence-corrected chi connectivity index (χ3v) is 8.45. The third kappa shape index (κ3) is 6.54. The summed E-state index contributed by atoms with van der Waals surface area (Å²) in [5, 5.41) is 6.87. The van der Waals surface area contributed by atoms with Crippen LogP contribution in [-0.4, -0.2) is 36.2 Å². The first-order valence-electron chi connectivity index (χ1n) is 13.2. The highest BCUT2D eigenvalue weighted by Crippen LogP contribution is 2.33. The Morgan fingerprint density at radius 1 is 1.12 bits per heavy atom. The van der Waals surface area contributed by atoms with Crippen LogP contribution in [0.25, 0.3) is 21.5 Å². The van der Waals surface area contributed by atoms with Crippen molar-refractivity contribution in [1.82, 2.24) is 19.5 Å². The number of imidazole rings is 1. The van der Waals surface area contributed by atoms with Gasteiger partial charge in [-0.3, -0.25) is 9.78 Å². The molecule has 9 nitrogen and oxygen atoms in total. The van der Waals surface area contributed by atoms with Gasteiger partial charge < -0.3 is 19.4 Å². The second kappa shape index (κ2) is 12.0. The number of nitrogens with one attached hydrogen (secondary N) is 2. The molecule has 2 N–H and O–H groups in total. The van der Waals surface area contributed by atoms with E-state index in [2.05, 4.69) is 30.2 Å². The van der Waals surface area contributed by atoms with Gasteiger partial charge in [0.25, 0.3) is 0 Å². The van der Waals surface area contributed by atoms with Crippen molar-refractivity contribution in [3.63, 3.8) is 0 Å². The van der Waals surface area contributed by atoms with Gasteiger partial charge in [-0.15, -0.1) is 0 Å². The Labute approximate surface area is 238 Å². The van der Waals surface area contributed by atoms with Crippen LogP contribution in [0.5, 0.6) is 5.75 Å². The van der Waals surface area contributed by atoms with E-state index in [1.165, 1.54) is 11.3 Å². The van der Waals surface area contributed by atoms with E-state index in [1.54, 1.807) is 30.5 Å². The molecule has 5 aromatic rings. The van der Waals surface area contributed by atoms with Gasteiger partial charge in [0, 0.05) is 54.9 Å². The zero-order chi connectivity index (χ0) is 27.3. The molecule has 1 fully saturated rings. The zero-order valence-electron chi connectivity index (χ0n) is 21.7. The number of amides is 1. The van der Waals surface area contributed by atoms with Gasteiger partial charge in [0.05, 0.1) is 27.1 Å². The number of carbonyl (C=O) groups excluding carboxylic acids is 1. The predicted molar refractivity (Wildman–Crippen MR) is 158 cm³/mol. The number of benzene rings is 2. The maximum atomic E-state index is 12.8. The normalized spacial score (nSPS) is 13.7. The summed E-state index contributed by atoms with van der Waals surface area (Å²) in [5.41, 5.74) is 3.68. The number of thiazole rings is 1. The minimum Gasteiger partial charge on any atom is -0.397 e. The van der Waals surface area contributed by atoms with Crippen LogP contribution in [0.2, 0.25) is 0 Å². The number of pyridine rings is 1. The van der Waals surface area contributed by atoms with Crippen molar-refractivity contribution in [3.8, 4) is 17.0 Å². The molecule has 1 amide bonds. The molecule has 3 heterocycles. The van der Waals surface area contributed by atoms with Crippen molar-refractivity contribution in [2.45, 2.75) is 37.1 Å². The van der Waals surface area contributed by atoms with E-state index in [0.717, 1.165) is 65.9 Å². The maximum absolute atomic E-state index is 12.8. The van der Waals surface area contributed by atoms with Crippen molar-refractivity contribution in [1.29, 1.82) is 0 Å². The zero-order valence-corrected chi connectivity index (χ0v) is 23.3. The summed E-state index contributed by atoms with van der Waals surface area (Å²) >= 11 is -0.271. The van der Waals surface area contributed by atoms with Gasteiger partial charge >= 0.3 is 0 Å². The Bertz CT molecular complexity index is 1630. The molecule has 0 aliphatic heterocycles. The standard InChI is InChI=1S/C29H28N6O3S2/c36-28(20-5-6-20)34-29-33-25-12-9-23(16-27(25)39-29)38-40(37)24-10-7-22(8-11-24)31-14-1-2-15-35-18-26(32-19-35)21-4-3-13-30-17-21/h3-4,7-13,16-20,31H,1-2,5-6,14-15H2,(H,33,34,36). The van der Waals surface area contributed by atoms with Crippen LogP contribution in [0.1, 0.15) is 25.7 Å². The first-order valence-corrected chi connectivity index (χ1v) is 15.1. The van der Waals surface area contributed by atoms with Crippen LogP contribution in [0.3, 0.4) is 0 Å². The molecule has 6 rings (SSSR count). The maximum Gasteiger partial charge on any atom is 0.240 e. The predicted octanol–water partition coefficient (Wildman–Crippen LogP) is 5.90. The summed E-state index contributed by atoms with van der Waals surface area (Å²) in [6, 6.07) is 16.7. The molecule has 0 radical (unpaired) electrons. The Hall–Kier alpha value is -4.09. The van der Waals surface area contributed by atoms with Gasteiger partial charge in [-0.25, -0.2) is 14.2 Å². The molecule has 204 valence electrons. The van der Waals surface area contributed by atoms with Crippen molar-refractivity contribution in [2.24, 2.45) is 5.92 Å². The average molecular weight is 573 g/mol. The highest BCUT2D eigenvalue weighted by Gasteiger charge is 2.30. The van der Waals surface area contributed by atoms with E-state index in [9.17, 15) is 9.00 Å². The summed E-state index contributed by atoms with van der Waals surface area (Å²) < 4.78 is 21.5. The number of carbonyl (C=O) groups is 1. The van der Waals surface area contributed by atoms with Crippen molar-refractivity contribution in [3.05, 3.63) is 79.5 Å². The molecule has 1 unspecified atom stereocenters. The fraction of sp³-hybridized carbons (Fsp3) is 0.241. The number of hydrogen-bond acceptors (Lipinski definition) is 8. The number of nitrogens with zero attached hydrogens (tertiary/aromatic N) is 4. The van der Waals surface area contributed by atoms with Gasteiger partial charge in [0.2, 0.25) is 17.0 Å². The van der Waals surface area contributed by atoms with E-state index in [-0.39, 0.29) is 11.8 Å². The monoisotopic (exact) mass is 572 g/mol. The number of fused-ring (bicyclic) bond motifs is 1. The fourth-order valence-electron chi connectivity index (χ4n) is 4.18. The molecule has 11 heteroatoms. The van der Waals surface area contributed by atoms with Gasteiger partial charge in [0.15, 0.2) is 5.13 Å². The summed E-state index contributed by atoms with van der Waals surface area (Å²) in [5.74, 6) is 0.636. The Morgan fingerprint density at radius 2 is 2.00 bits per heavy atom. The van der Waals surface area contributed by atoms with Crippen molar-refractivity contribution < 1.29 is 13.2 Å². The van der Waals surface area contributed by atoms with Crippen LogP contribution >= 0.6 is 11.3 Å². The average Bonchev–Trinajstić information content (AvgIpc) is 3.60. The Kier molecular flexibility index (Phi) is 7.83. The van der Waals surface area contributed by atoms with E-state index < -0.39 is 11.1 Å². The lowest BCUT2D eigenvalue weighted by Gasteiger charge is -2.08. The second-order valence-corrected chi connectivity index (χ2v) is 11.8. The van der Waals surface area contributed by atoms with Gasteiger partial charge in [-0.2, -0.15) is 0 Å². The quantitative estimate of drug-likeness (QED) is 0.179. The summed E-state index contributed by atoms with van der Waals surface area (Å²) in [4.78, 5) is 25.7. The first-order chi connectivity index (χ1) is 19.6. The van der Waals surface area contributed by atoms with Gasteiger partial charge in [0.1, 0.15) is 5.75 Å². The molecule has 2 aromatic carbocycles.